The number of non-ortho nitro benzene ring substituents is 1. The highest BCUT2D eigenvalue weighted by molar-refractivity contribution is 6.34. The van der Waals surface area contributed by atoms with Crippen LogP contribution in [0.5, 0.6) is 0 Å². The molecule has 0 spiro atoms. The van der Waals surface area contributed by atoms with E-state index in [2.05, 4.69) is 15.5 Å². The maximum absolute atomic E-state index is 12.9. The van der Waals surface area contributed by atoms with E-state index in [0.717, 1.165) is 6.07 Å². The fourth-order valence-corrected chi connectivity index (χ4v) is 3.14. The van der Waals surface area contributed by atoms with Gasteiger partial charge in [-0.3, -0.25) is 25.0 Å². The maximum Gasteiger partial charge on any atom is 0.289 e. The standard InChI is InChI=1S/C18H11Cl2N5O5/c1-9-15(10-2-5-12(6-3-10)24(27)28)16(17(20)23-22-9)18(26)21-11-4-7-13(19)14(8-11)25(29)30/h2-8H,1H3,(H,21,26). The van der Waals surface area contributed by atoms with Crippen LogP contribution in [0.15, 0.2) is 42.5 Å². The summed E-state index contributed by atoms with van der Waals surface area (Å²) >= 11 is 11.9. The molecular formula is C18H11Cl2N5O5. The first-order chi connectivity index (χ1) is 14.2. The molecule has 0 saturated carbocycles. The zero-order valence-corrected chi connectivity index (χ0v) is 16.6. The first kappa shape index (κ1) is 21.1. The number of hydrogen-bond donors (Lipinski definition) is 1. The number of anilines is 1. The van der Waals surface area contributed by atoms with Crippen molar-refractivity contribution in [3.05, 3.63) is 84.1 Å². The molecule has 152 valence electrons. The Bertz CT molecular complexity index is 1180. The smallest absolute Gasteiger partial charge is 0.289 e. The Morgan fingerprint density at radius 3 is 2.27 bits per heavy atom. The van der Waals surface area contributed by atoms with Crippen LogP contribution in [-0.4, -0.2) is 26.0 Å². The highest BCUT2D eigenvalue weighted by Crippen LogP contribution is 2.33. The number of rotatable bonds is 5. The molecular weight excluding hydrogens is 437 g/mol. The molecule has 12 heteroatoms. The average Bonchev–Trinajstić information content (AvgIpc) is 2.70. The van der Waals surface area contributed by atoms with Crippen LogP contribution < -0.4 is 5.32 Å². The molecule has 0 saturated heterocycles. The second kappa shape index (κ2) is 8.39. The SMILES string of the molecule is Cc1nnc(Cl)c(C(=O)Nc2ccc(Cl)c([N+](=O)[O-])c2)c1-c1ccc([N+](=O)[O-])cc1. The van der Waals surface area contributed by atoms with E-state index in [4.69, 9.17) is 23.2 Å². The topological polar surface area (TPSA) is 141 Å². The van der Waals surface area contributed by atoms with Gasteiger partial charge in [0.2, 0.25) is 0 Å². The van der Waals surface area contributed by atoms with Crippen molar-refractivity contribution in [3.63, 3.8) is 0 Å². The Balaban J connectivity index is 2.05. The molecule has 1 heterocycles. The highest BCUT2D eigenvalue weighted by atomic mass is 35.5. The van der Waals surface area contributed by atoms with E-state index in [9.17, 15) is 25.0 Å². The summed E-state index contributed by atoms with van der Waals surface area (Å²) in [5.74, 6) is -0.692. The summed E-state index contributed by atoms with van der Waals surface area (Å²) in [7, 11) is 0. The number of halogens is 2. The summed E-state index contributed by atoms with van der Waals surface area (Å²) in [6, 6.07) is 9.28. The summed E-state index contributed by atoms with van der Waals surface area (Å²) in [6.07, 6.45) is 0. The van der Waals surface area contributed by atoms with Gasteiger partial charge in [0.15, 0.2) is 5.15 Å². The van der Waals surface area contributed by atoms with Gasteiger partial charge in [0, 0.05) is 29.4 Å². The van der Waals surface area contributed by atoms with Crippen molar-refractivity contribution in [2.24, 2.45) is 0 Å². The van der Waals surface area contributed by atoms with Gasteiger partial charge in [0.25, 0.3) is 17.3 Å². The van der Waals surface area contributed by atoms with Gasteiger partial charge in [0.1, 0.15) is 5.02 Å². The average molecular weight is 448 g/mol. The molecule has 0 unspecified atom stereocenters. The lowest BCUT2D eigenvalue weighted by Crippen LogP contribution is -2.16. The van der Waals surface area contributed by atoms with Gasteiger partial charge in [-0.2, -0.15) is 5.10 Å². The third-order valence-electron chi connectivity index (χ3n) is 4.10. The van der Waals surface area contributed by atoms with Gasteiger partial charge < -0.3 is 5.32 Å². The first-order valence-corrected chi connectivity index (χ1v) is 8.97. The molecule has 10 nitrogen and oxygen atoms in total. The number of benzene rings is 2. The Morgan fingerprint density at radius 1 is 1.00 bits per heavy atom. The summed E-state index contributed by atoms with van der Waals surface area (Å²) < 4.78 is 0. The monoisotopic (exact) mass is 447 g/mol. The van der Waals surface area contributed by atoms with Gasteiger partial charge >= 0.3 is 0 Å². The fraction of sp³-hybridized carbons (Fsp3) is 0.0556. The summed E-state index contributed by atoms with van der Waals surface area (Å²) in [5, 5.41) is 31.9. The van der Waals surface area contributed by atoms with Gasteiger partial charge in [-0.05, 0) is 36.8 Å². The number of nitrogens with one attached hydrogen (secondary N) is 1. The van der Waals surface area contributed by atoms with Gasteiger partial charge in [-0.1, -0.05) is 23.2 Å². The molecule has 2 aromatic carbocycles. The molecule has 3 aromatic rings. The van der Waals surface area contributed by atoms with Crippen LogP contribution in [0.1, 0.15) is 16.1 Å². The Hall–Kier alpha value is -3.63. The summed E-state index contributed by atoms with van der Waals surface area (Å²) in [4.78, 5) is 33.7. The molecule has 3 rings (SSSR count). The second-order valence-electron chi connectivity index (χ2n) is 6.01. The van der Waals surface area contributed by atoms with E-state index >= 15 is 0 Å². The van der Waals surface area contributed by atoms with Crippen LogP contribution in [0, 0.1) is 27.2 Å². The lowest BCUT2D eigenvalue weighted by molar-refractivity contribution is -0.384. The van der Waals surface area contributed by atoms with E-state index in [-0.39, 0.29) is 32.8 Å². The van der Waals surface area contributed by atoms with E-state index in [1.54, 1.807) is 6.92 Å². The van der Waals surface area contributed by atoms with Crippen molar-refractivity contribution in [1.29, 1.82) is 0 Å². The van der Waals surface area contributed by atoms with Crippen molar-refractivity contribution in [2.45, 2.75) is 6.92 Å². The lowest BCUT2D eigenvalue weighted by Gasteiger charge is -2.13. The predicted octanol–water partition coefficient (Wildman–Crippen LogP) is 4.83. The van der Waals surface area contributed by atoms with E-state index in [0.29, 0.717) is 16.8 Å². The molecule has 30 heavy (non-hydrogen) atoms. The van der Waals surface area contributed by atoms with Gasteiger partial charge in [0.05, 0.1) is 21.1 Å². The van der Waals surface area contributed by atoms with E-state index < -0.39 is 15.8 Å². The van der Waals surface area contributed by atoms with Crippen LogP contribution in [0.3, 0.4) is 0 Å². The fourth-order valence-electron chi connectivity index (χ4n) is 2.74. The third-order valence-corrected chi connectivity index (χ3v) is 4.68. The van der Waals surface area contributed by atoms with Crippen molar-refractivity contribution in [1.82, 2.24) is 10.2 Å². The Labute approximate surface area is 178 Å². The largest absolute Gasteiger partial charge is 0.322 e. The summed E-state index contributed by atoms with van der Waals surface area (Å²) in [5.41, 5.74) is 0.740. The molecule has 0 aliphatic carbocycles. The molecule has 1 amide bonds. The normalized spacial score (nSPS) is 10.5. The quantitative estimate of drug-likeness (QED) is 0.435. The maximum atomic E-state index is 12.9. The Kier molecular flexibility index (Phi) is 5.90. The molecule has 0 aliphatic heterocycles. The number of carbonyl (C=O) groups is 1. The zero-order chi connectivity index (χ0) is 22.0. The second-order valence-corrected chi connectivity index (χ2v) is 6.77. The van der Waals surface area contributed by atoms with Gasteiger partial charge in [-0.25, -0.2) is 0 Å². The van der Waals surface area contributed by atoms with Gasteiger partial charge in [-0.15, -0.1) is 5.10 Å². The first-order valence-electron chi connectivity index (χ1n) is 8.22. The minimum Gasteiger partial charge on any atom is -0.322 e. The molecule has 1 aromatic heterocycles. The number of carbonyl (C=O) groups excluding carboxylic acids is 1. The molecule has 0 radical (unpaired) electrons. The van der Waals surface area contributed by atoms with Crippen molar-refractivity contribution in [3.8, 4) is 11.1 Å². The number of nitrogens with zero attached hydrogens (tertiary/aromatic N) is 4. The number of amides is 1. The number of hydrogen-bond acceptors (Lipinski definition) is 7. The molecule has 0 aliphatic rings. The number of nitro groups is 2. The van der Waals surface area contributed by atoms with Crippen LogP contribution in [0.4, 0.5) is 17.1 Å². The summed E-state index contributed by atoms with van der Waals surface area (Å²) in [6.45, 7) is 1.60. The molecule has 1 N–H and O–H groups in total. The minimum atomic E-state index is -0.692. The molecule has 0 bridgehead atoms. The van der Waals surface area contributed by atoms with Crippen molar-refractivity contribution in [2.75, 3.05) is 5.32 Å². The van der Waals surface area contributed by atoms with Crippen LogP contribution >= 0.6 is 23.2 Å². The Morgan fingerprint density at radius 2 is 1.67 bits per heavy atom. The van der Waals surface area contributed by atoms with Crippen molar-refractivity contribution < 1.29 is 14.6 Å². The van der Waals surface area contributed by atoms with Crippen LogP contribution in [0.25, 0.3) is 11.1 Å². The predicted molar refractivity (Wildman–Crippen MR) is 110 cm³/mol. The number of aromatic nitrogens is 2. The van der Waals surface area contributed by atoms with Crippen LogP contribution in [-0.2, 0) is 0 Å². The third kappa shape index (κ3) is 4.19. The van der Waals surface area contributed by atoms with E-state index in [1.807, 2.05) is 0 Å². The van der Waals surface area contributed by atoms with Crippen LogP contribution in [0.2, 0.25) is 10.2 Å². The molecule has 0 atom stereocenters. The number of aryl methyl sites for hydroxylation is 1. The van der Waals surface area contributed by atoms with Crippen molar-refractivity contribution >= 4 is 46.2 Å². The zero-order valence-electron chi connectivity index (χ0n) is 15.1. The minimum absolute atomic E-state index is 0.0318. The van der Waals surface area contributed by atoms with E-state index in [1.165, 1.54) is 36.4 Å². The lowest BCUT2D eigenvalue weighted by atomic mass is 9.99. The highest BCUT2D eigenvalue weighted by Gasteiger charge is 2.23. The number of nitro benzene ring substituents is 2. The molecule has 0 fully saturated rings.